The van der Waals surface area contributed by atoms with Crippen LogP contribution in [0.15, 0.2) is 47.8 Å². The topological polar surface area (TPSA) is 12.0 Å². The van der Waals surface area contributed by atoms with E-state index in [4.69, 9.17) is 11.6 Å². The minimum atomic E-state index is 0.709. The molecule has 0 aliphatic heterocycles. The van der Waals surface area contributed by atoms with E-state index in [1.807, 2.05) is 0 Å². The van der Waals surface area contributed by atoms with Gasteiger partial charge in [0, 0.05) is 22.3 Å². The second-order valence-electron chi connectivity index (χ2n) is 5.61. The third-order valence-electron chi connectivity index (χ3n) is 4.00. The van der Waals surface area contributed by atoms with E-state index >= 15 is 0 Å². The lowest BCUT2D eigenvalue weighted by atomic mass is 10.0. The minimum absolute atomic E-state index is 0.709. The first-order chi connectivity index (χ1) is 10.3. The van der Waals surface area contributed by atoms with Crippen LogP contribution in [0, 0.1) is 0 Å². The quantitative estimate of drug-likeness (QED) is 0.673. The number of benzene rings is 2. The van der Waals surface area contributed by atoms with Gasteiger partial charge in [-0.15, -0.1) is 11.3 Å². The summed E-state index contributed by atoms with van der Waals surface area (Å²) in [6, 6.07) is 15.8. The van der Waals surface area contributed by atoms with Crippen LogP contribution in [0.3, 0.4) is 0 Å². The second kappa shape index (κ2) is 5.45. The molecule has 1 aliphatic carbocycles. The number of fused-ring (bicyclic) bond motifs is 1. The molecule has 1 saturated carbocycles. The van der Waals surface area contributed by atoms with Gasteiger partial charge in [0.25, 0.3) is 0 Å². The van der Waals surface area contributed by atoms with Gasteiger partial charge in [0.15, 0.2) is 0 Å². The zero-order chi connectivity index (χ0) is 14.2. The summed E-state index contributed by atoms with van der Waals surface area (Å²) >= 11 is 8.26. The number of nitrogens with one attached hydrogen (secondary N) is 1. The molecular formula is C18H16ClNS. The Morgan fingerprint density at radius 3 is 2.86 bits per heavy atom. The SMILES string of the molecule is Clc1cc(-c2cccc3ccsc23)ccc1CNC1CC1. The molecule has 0 atom stereocenters. The highest BCUT2D eigenvalue weighted by Gasteiger charge is 2.20. The summed E-state index contributed by atoms with van der Waals surface area (Å²) in [5.41, 5.74) is 3.65. The van der Waals surface area contributed by atoms with Gasteiger partial charge in [0.1, 0.15) is 0 Å². The highest BCUT2D eigenvalue weighted by molar-refractivity contribution is 7.17. The maximum absolute atomic E-state index is 6.47. The smallest absolute Gasteiger partial charge is 0.0457 e. The van der Waals surface area contributed by atoms with Crippen molar-refractivity contribution in [1.29, 1.82) is 0 Å². The van der Waals surface area contributed by atoms with Crippen LogP contribution in [-0.2, 0) is 6.54 Å². The van der Waals surface area contributed by atoms with E-state index in [2.05, 4.69) is 53.2 Å². The molecule has 1 heterocycles. The molecular weight excluding hydrogens is 298 g/mol. The van der Waals surface area contributed by atoms with Crippen molar-refractivity contribution in [3.05, 3.63) is 58.4 Å². The zero-order valence-corrected chi connectivity index (χ0v) is 13.2. The number of hydrogen-bond donors (Lipinski definition) is 1. The van der Waals surface area contributed by atoms with Crippen molar-refractivity contribution in [3.8, 4) is 11.1 Å². The van der Waals surface area contributed by atoms with E-state index in [0.717, 1.165) is 11.6 Å². The van der Waals surface area contributed by atoms with Crippen molar-refractivity contribution in [2.24, 2.45) is 0 Å². The van der Waals surface area contributed by atoms with Gasteiger partial charge < -0.3 is 5.32 Å². The molecule has 0 saturated heterocycles. The molecule has 1 aliphatic rings. The third-order valence-corrected chi connectivity index (χ3v) is 5.32. The first-order valence-electron chi connectivity index (χ1n) is 7.30. The summed E-state index contributed by atoms with van der Waals surface area (Å²) in [5, 5.41) is 7.81. The minimum Gasteiger partial charge on any atom is -0.310 e. The summed E-state index contributed by atoms with van der Waals surface area (Å²) in [5.74, 6) is 0. The van der Waals surface area contributed by atoms with Crippen molar-refractivity contribution in [1.82, 2.24) is 5.32 Å². The average Bonchev–Trinajstić information content (AvgIpc) is 3.20. The maximum atomic E-state index is 6.47. The van der Waals surface area contributed by atoms with Gasteiger partial charge in [-0.3, -0.25) is 0 Å². The Bertz CT molecular complexity index is 789. The Balaban J connectivity index is 1.68. The van der Waals surface area contributed by atoms with Crippen LogP contribution in [0.2, 0.25) is 5.02 Å². The summed E-state index contributed by atoms with van der Waals surface area (Å²) in [6.07, 6.45) is 2.60. The second-order valence-corrected chi connectivity index (χ2v) is 6.93. The largest absolute Gasteiger partial charge is 0.310 e. The molecule has 0 amide bonds. The Labute approximate surface area is 133 Å². The van der Waals surface area contributed by atoms with E-state index in [1.54, 1.807) is 11.3 Å². The van der Waals surface area contributed by atoms with E-state index < -0.39 is 0 Å². The lowest BCUT2D eigenvalue weighted by Gasteiger charge is -2.09. The van der Waals surface area contributed by atoms with Gasteiger partial charge in [0.2, 0.25) is 0 Å². The van der Waals surface area contributed by atoms with Crippen LogP contribution in [0.5, 0.6) is 0 Å². The molecule has 21 heavy (non-hydrogen) atoms. The molecule has 1 nitrogen and oxygen atoms in total. The molecule has 1 aromatic heterocycles. The van der Waals surface area contributed by atoms with Crippen molar-refractivity contribution in [2.75, 3.05) is 0 Å². The molecule has 106 valence electrons. The molecule has 0 spiro atoms. The highest BCUT2D eigenvalue weighted by atomic mass is 35.5. The Hall–Kier alpha value is -1.35. The van der Waals surface area contributed by atoms with E-state index in [0.29, 0.717) is 6.04 Å². The summed E-state index contributed by atoms with van der Waals surface area (Å²) < 4.78 is 1.33. The molecule has 2 aromatic carbocycles. The predicted octanol–water partition coefficient (Wildman–Crippen LogP) is 5.47. The summed E-state index contributed by atoms with van der Waals surface area (Å²) in [6.45, 7) is 0.868. The first-order valence-corrected chi connectivity index (χ1v) is 8.55. The van der Waals surface area contributed by atoms with Crippen LogP contribution < -0.4 is 5.32 Å². The molecule has 4 rings (SSSR count). The highest BCUT2D eigenvalue weighted by Crippen LogP contribution is 2.34. The number of hydrogen-bond acceptors (Lipinski definition) is 2. The van der Waals surface area contributed by atoms with Crippen molar-refractivity contribution < 1.29 is 0 Å². The Morgan fingerprint density at radius 2 is 2.05 bits per heavy atom. The fourth-order valence-corrected chi connectivity index (χ4v) is 3.80. The molecule has 3 aromatic rings. The van der Waals surface area contributed by atoms with Crippen LogP contribution in [0.25, 0.3) is 21.2 Å². The van der Waals surface area contributed by atoms with E-state index in [-0.39, 0.29) is 0 Å². The third kappa shape index (κ3) is 2.71. The van der Waals surface area contributed by atoms with Gasteiger partial charge in [-0.25, -0.2) is 0 Å². The zero-order valence-electron chi connectivity index (χ0n) is 11.6. The van der Waals surface area contributed by atoms with Gasteiger partial charge in [-0.1, -0.05) is 41.9 Å². The Kier molecular flexibility index (Phi) is 3.46. The van der Waals surface area contributed by atoms with Crippen molar-refractivity contribution in [2.45, 2.75) is 25.4 Å². The summed E-state index contributed by atoms with van der Waals surface area (Å²) in [4.78, 5) is 0. The fraction of sp³-hybridized carbons (Fsp3) is 0.222. The maximum Gasteiger partial charge on any atom is 0.0457 e. The predicted molar refractivity (Wildman–Crippen MR) is 92.1 cm³/mol. The van der Waals surface area contributed by atoms with E-state index in [1.165, 1.54) is 39.6 Å². The monoisotopic (exact) mass is 313 g/mol. The molecule has 0 radical (unpaired) electrons. The summed E-state index contributed by atoms with van der Waals surface area (Å²) in [7, 11) is 0. The van der Waals surface area contributed by atoms with Crippen molar-refractivity contribution in [3.63, 3.8) is 0 Å². The lowest BCUT2D eigenvalue weighted by Crippen LogP contribution is -2.15. The molecule has 0 bridgehead atoms. The van der Waals surface area contributed by atoms with E-state index in [9.17, 15) is 0 Å². The van der Waals surface area contributed by atoms with Crippen LogP contribution in [-0.4, -0.2) is 6.04 Å². The average molecular weight is 314 g/mol. The van der Waals surface area contributed by atoms with Gasteiger partial charge in [-0.2, -0.15) is 0 Å². The van der Waals surface area contributed by atoms with Crippen LogP contribution in [0.4, 0.5) is 0 Å². The lowest BCUT2D eigenvalue weighted by molar-refractivity contribution is 0.688. The number of thiophene rings is 1. The molecule has 1 fully saturated rings. The van der Waals surface area contributed by atoms with Gasteiger partial charge >= 0.3 is 0 Å². The normalized spacial score (nSPS) is 14.7. The Morgan fingerprint density at radius 1 is 1.14 bits per heavy atom. The van der Waals surface area contributed by atoms with Gasteiger partial charge in [-0.05, 0) is 52.4 Å². The first kappa shape index (κ1) is 13.3. The number of halogens is 1. The van der Waals surface area contributed by atoms with Gasteiger partial charge in [0.05, 0.1) is 0 Å². The molecule has 3 heteroatoms. The van der Waals surface area contributed by atoms with Crippen LogP contribution in [0.1, 0.15) is 18.4 Å². The van der Waals surface area contributed by atoms with Crippen LogP contribution >= 0.6 is 22.9 Å². The fourth-order valence-electron chi connectivity index (χ4n) is 2.62. The molecule has 1 N–H and O–H groups in total. The standard InChI is InChI=1S/C18H16ClNS/c19-17-10-13(4-5-14(17)11-20-15-6-7-15)16-3-1-2-12-8-9-21-18(12)16/h1-5,8-10,15,20H,6-7,11H2. The number of rotatable bonds is 4. The van der Waals surface area contributed by atoms with Crippen molar-refractivity contribution >= 4 is 33.0 Å². The molecule has 0 unspecified atom stereocenters.